The van der Waals surface area contributed by atoms with Crippen molar-refractivity contribution < 1.29 is 4.74 Å². The average molecular weight is 318 g/mol. The summed E-state index contributed by atoms with van der Waals surface area (Å²) in [7, 11) is 0. The second-order valence-corrected chi connectivity index (χ2v) is 7.84. The van der Waals surface area contributed by atoms with E-state index in [2.05, 4.69) is 56.9 Å². The Kier molecular flexibility index (Phi) is 6.95. The van der Waals surface area contributed by atoms with Crippen molar-refractivity contribution in [2.75, 3.05) is 26.2 Å². The SMILES string of the molecule is CCC(C)(C)c1ccc(OCCCCN2CCC(C)CC2)cc1. The van der Waals surface area contributed by atoms with Gasteiger partial charge in [-0.25, -0.2) is 0 Å². The van der Waals surface area contributed by atoms with Crippen LogP contribution in [0.3, 0.4) is 0 Å². The van der Waals surface area contributed by atoms with Gasteiger partial charge in [-0.15, -0.1) is 0 Å². The first-order valence-electron chi connectivity index (χ1n) is 9.47. The molecular formula is C21H35NO. The van der Waals surface area contributed by atoms with Crippen LogP contribution < -0.4 is 4.74 Å². The van der Waals surface area contributed by atoms with Crippen LogP contribution in [0.5, 0.6) is 5.75 Å². The van der Waals surface area contributed by atoms with E-state index < -0.39 is 0 Å². The highest BCUT2D eigenvalue weighted by Crippen LogP contribution is 2.28. The predicted octanol–water partition coefficient (Wildman–Crippen LogP) is 5.27. The summed E-state index contributed by atoms with van der Waals surface area (Å²) >= 11 is 0. The van der Waals surface area contributed by atoms with Crippen molar-refractivity contribution in [2.24, 2.45) is 5.92 Å². The highest BCUT2D eigenvalue weighted by Gasteiger charge is 2.17. The third-order valence-electron chi connectivity index (χ3n) is 5.53. The monoisotopic (exact) mass is 317 g/mol. The van der Waals surface area contributed by atoms with Crippen LogP contribution in [0.25, 0.3) is 0 Å². The molecule has 1 aliphatic rings. The molecular weight excluding hydrogens is 282 g/mol. The van der Waals surface area contributed by atoms with Crippen LogP contribution in [0.2, 0.25) is 0 Å². The molecule has 23 heavy (non-hydrogen) atoms. The molecule has 2 nitrogen and oxygen atoms in total. The van der Waals surface area contributed by atoms with Gasteiger partial charge < -0.3 is 9.64 Å². The fourth-order valence-electron chi connectivity index (χ4n) is 3.12. The van der Waals surface area contributed by atoms with Gasteiger partial charge in [0, 0.05) is 0 Å². The van der Waals surface area contributed by atoms with Crippen LogP contribution in [0.4, 0.5) is 0 Å². The molecule has 0 amide bonds. The minimum atomic E-state index is 0.254. The van der Waals surface area contributed by atoms with Crippen LogP contribution in [0.1, 0.15) is 65.4 Å². The van der Waals surface area contributed by atoms with E-state index in [1.165, 1.54) is 44.5 Å². The zero-order valence-electron chi connectivity index (χ0n) is 15.6. The Morgan fingerprint density at radius 3 is 2.35 bits per heavy atom. The molecule has 0 saturated carbocycles. The lowest BCUT2D eigenvalue weighted by Gasteiger charge is -2.30. The minimum absolute atomic E-state index is 0.254. The standard InChI is InChI=1S/C21H35NO/c1-5-21(3,4)19-8-10-20(11-9-19)23-17-7-6-14-22-15-12-18(2)13-16-22/h8-11,18H,5-7,12-17H2,1-4H3. The molecule has 1 heterocycles. The highest BCUT2D eigenvalue weighted by atomic mass is 16.5. The molecule has 1 aromatic carbocycles. The quantitative estimate of drug-likeness (QED) is 0.606. The lowest BCUT2D eigenvalue weighted by molar-refractivity contribution is 0.185. The Morgan fingerprint density at radius 2 is 1.74 bits per heavy atom. The Balaban J connectivity index is 1.63. The summed E-state index contributed by atoms with van der Waals surface area (Å²) < 4.78 is 5.90. The van der Waals surface area contributed by atoms with Gasteiger partial charge in [-0.05, 0) is 80.8 Å². The number of rotatable bonds is 8. The highest BCUT2D eigenvalue weighted by molar-refractivity contribution is 5.31. The van der Waals surface area contributed by atoms with E-state index in [-0.39, 0.29) is 5.41 Å². The van der Waals surface area contributed by atoms with E-state index in [9.17, 15) is 0 Å². The topological polar surface area (TPSA) is 12.5 Å². The molecule has 0 spiro atoms. The molecule has 2 rings (SSSR count). The second kappa shape index (κ2) is 8.73. The van der Waals surface area contributed by atoms with Gasteiger partial charge in [-0.1, -0.05) is 39.8 Å². The van der Waals surface area contributed by atoms with Crippen molar-refractivity contribution >= 4 is 0 Å². The van der Waals surface area contributed by atoms with Crippen molar-refractivity contribution in [3.05, 3.63) is 29.8 Å². The lowest BCUT2D eigenvalue weighted by atomic mass is 9.82. The largest absolute Gasteiger partial charge is 0.494 e. The Labute approximate surface area is 143 Å². The van der Waals surface area contributed by atoms with Gasteiger partial charge in [-0.3, -0.25) is 0 Å². The van der Waals surface area contributed by atoms with Gasteiger partial charge in [-0.2, -0.15) is 0 Å². The molecule has 0 unspecified atom stereocenters. The van der Waals surface area contributed by atoms with E-state index in [0.717, 1.165) is 31.1 Å². The van der Waals surface area contributed by atoms with Gasteiger partial charge >= 0.3 is 0 Å². The molecule has 0 N–H and O–H groups in total. The number of unbranched alkanes of at least 4 members (excludes halogenated alkanes) is 1. The van der Waals surface area contributed by atoms with E-state index in [0.29, 0.717) is 0 Å². The first-order valence-corrected chi connectivity index (χ1v) is 9.47. The summed E-state index contributed by atoms with van der Waals surface area (Å²) in [5, 5.41) is 0. The smallest absolute Gasteiger partial charge is 0.119 e. The molecule has 130 valence electrons. The van der Waals surface area contributed by atoms with Crippen molar-refractivity contribution in [1.82, 2.24) is 4.90 Å². The fourth-order valence-corrected chi connectivity index (χ4v) is 3.12. The Bertz CT molecular complexity index is 443. The number of hydrogen-bond donors (Lipinski definition) is 0. The van der Waals surface area contributed by atoms with Gasteiger partial charge in [0.1, 0.15) is 5.75 Å². The molecule has 0 atom stereocenters. The summed E-state index contributed by atoms with van der Waals surface area (Å²) in [5.41, 5.74) is 1.65. The van der Waals surface area contributed by atoms with Crippen molar-refractivity contribution in [2.45, 2.75) is 65.2 Å². The third kappa shape index (κ3) is 5.84. The van der Waals surface area contributed by atoms with Gasteiger partial charge in [0.2, 0.25) is 0 Å². The normalized spacial score (nSPS) is 17.4. The van der Waals surface area contributed by atoms with E-state index in [1.807, 2.05) is 0 Å². The summed E-state index contributed by atoms with van der Waals surface area (Å²) in [4.78, 5) is 2.61. The van der Waals surface area contributed by atoms with Crippen molar-refractivity contribution in [1.29, 1.82) is 0 Å². The van der Waals surface area contributed by atoms with E-state index in [4.69, 9.17) is 4.74 Å². The Morgan fingerprint density at radius 1 is 1.09 bits per heavy atom. The first kappa shape index (κ1) is 18.3. The number of piperidine rings is 1. The number of hydrogen-bond acceptors (Lipinski definition) is 2. The van der Waals surface area contributed by atoms with Crippen LogP contribution in [-0.4, -0.2) is 31.1 Å². The molecule has 0 aliphatic carbocycles. The molecule has 0 bridgehead atoms. The zero-order valence-corrected chi connectivity index (χ0v) is 15.6. The molecule has 1 aromatic rings. The van der Waals surface area contributed by atoms with Crippen LogP contribution in [0, 0.1) is 5.92 Å². The van der Waals surface area contributed by atoms with Gasteiger partial charge in [0.05, 0.1) is 6.61 Å². The summed E-state index contributed by atoms with van der Waals surface area (Å²) in [6.07, 6.45) is 6.29. The maximum Gasteiger partial charge on any atom is 0.119 e. The second-order valence-electron chi connectivity index (χ2n) is 7.84. The lowest BCUT2D eigenvalue weighted by Crippen LogP contribution is -2.33. The third-order valence-corrected chi connectivity index (χ3v) is 5.53. The van der Waals surface area contributed by atoms with Crippen LogP contribution >= 0.6 is 0 Å². The zero-order chi connectivity index (χ0) is 16.7. The fraction of sp³-hybridized carbons (Fsp3) is 0.714. The number of nitrogens with zero attached hydrogens (tertiary/aromatic N) is 1. The average Bonchev–Trinajstić information content (AvgIpc) is 2.57. The molecule has 1 fully saturated rings. The van der Waals surface area contributed by atoms with Crippen LogP contribution in [0.15, 0.2) is 24.3 Å². The molecule has 0 aromatic heterocycles. The van der Waals surface area contributed by atoms with Crippen molar-refractivity contribution in [3.8, 4) is 5.75 Å². The molecule has 0 radical (unpaired) electrons. The van der Waals surface area contributed by atoms with Crippen molar-refractivity contribution in [3.63, 3.8) is 0 Å². The van der Waals surface area contributed by atoms with E-state index >= 15 is 0 Å². The summed E-state index contributed by atoms with van der Waals surface area (Å²) in [5.74, 6) is 1.93. The van der Waals surface area contributed by atoms with Crippen LogP contribution in [-0.2, 0) is 5.41 Å². The maximum atomic E-state index is 5.90. The number of ether oxygens (including phenoxy) is 1. The van der Waals surface area contributed by atoms with Gasteiger partial charge in [0.25, 0.3) is 0 Å². The minimum Gasteiger partial charge on any atom is -0.494 e. The first-order chi connectivity index (χ1) is 11.0. The number of benzene rings is 1. The predicted molar refractivity (Wildman–Crippen MR) is 99.3 cm³/mol. The number of likely N-dealkylation sites (tertiary alicyclic amines) is 1. The van der Waals surface area contributed by atoms with Gasteiger partial charge in [0.15, 0.2) is 0 Å². The summed E-state index contributed by atoms with van der Waals surface area (Å²) in [6, 6.07) is 8.68. The molecule has 1 saturated heterocycles. The molecule has 2 heteroatoms. The maximum absolute atomic E-state index is 5.90. The Hall–Kier alpha value is -1.02. The summed E-state index contributed by atoms with van der Waals surface area (Å²) in [6.45, 7) is 13.9. The van der Waals surface area contributed by atoms with E-state index in [1.54, 1.807) is 0 Å². The molecule has 1 aliphatic heterocycles.